The summed E-state index contributed by atoms with van der Waals surface area (Å²) in [6, 6.07) is 8.68. The van der Waals surface area contributed by atoms with Crippen molar-refractivity contribution in [2.24, 2.45) is 5.92 Å². The molecule has 0 saturated carbocycles. The number of piperidine rings is 1. The number of aromatic nitrogens is 4. The van der Waals surface area contributed by atoms with E-state index in [0.29, 0.717) is 5.78 Å². The molecule has 1 atom stereocenters. The minimum Gasteiger partial charge on any atom is -0.356 e. The Balaban J connectivity index is 1.28. The Morgan fingerprint density at radius 3 is 2.77 bits per heavy atom. The molecule has 5 rings (SSSR count). The molecule has 1 aromatic carbocycles. The molecule has 3 aromatic rings. The van der Waals surface area contributed by atoms with Gasteiger partial charge in [0.25, 0.3) is 5.78 Å². The van der Waals surface area contributed by atoms with Crippen LogP contribution < -0.4 is 10.2 Å². The number of rotatable bonds is 3. The van der Waals surface area contributed by atoms with Crippen LogP contribution in [-0.2, 0) is 11.2 Å². The van der Waals surface area contributed by atoms with E-state index in [1.807, 2.05) is 11.4 Å². The highest BCUT2D eigenvalue weighted by molar-refractivity contribution is 5.79. The lowest BCUT2D eigenvalue weighted by atomic mass is 9.87. The van der Waals surface area contributed by atoms with Crippen molar-refractivity contribution in [1.29, 1.82) is 0 Å². The first-order valence-corrected chi connectivity index (χ1v) is 10.9. The number of carbonyl (C=O) groups excluding carboxylic acids is 1. The van der Waals surface area contributed by atoms with Crippen molar-refractivity contribution in [3.05, 3.63) is 53.0 Å². The molecule has 156 valence electrons. The molecule has 7 heteroatoms. The second-order valence-electron chi connectivity index (χ2n) is 8.53. The molecule has 1 aliphatic heterocycles. The maximum absolute atomic E-state index is 13.0. The Morgan fingerprint density at radius 1 is 1.13 bits per heavy atom. The number of benzene rings is 1. The van der Waals surface area contributed by atoms with Crippen LogP contribution in [0.3, 0.4) is 0 Å². The average Bonchev–Trinajstić information content (AvgIpc) is 3.23. The number of nitrogens with zero attached hydrogens (tertiary/aromatic N) is 5. The highest BCUT2D eigenvalue weighted by Crippen LogP contribution is 2.31. The van der Waals surface area contributed by atoms with Crippen LogP contribution in [0.4, 0.5) is 5.82 Å². The zero-order chi connectivity index (χ0) is 20.7. The zero-order valence-corrected chi connectivity index (χ0v) is 17.6. The molecule has 2 aliphatic rings. The van der Waals surface area contributed by atoms with E-state index in [0.717, 1.165) is 62.3 Å². The number of hydrogen-bond donors (Lipinski definition) is 1. The molecule has 1 amide bonds. The van der Waals surface area contributed by atoms with Crippen LogP contribution in [-0.4, -0.2) is 38.6 Å². The molecule has 0 spiro atoms. The fraction of sp³-hybridized carbons (Fsp3) is 0.478. The van der Waals surface area contributed by atoms with E-state index >= 15 is 0 Å². The summed E-state index contributed by atoms with van der Waals surface area (Å²) in [6.07, 6.45) is 6.51. The third-order valence-corrected chi connectivity index (χ3v) is 6.73. The number of carbonyl (C=O) groups is 1. The normalized spacial score (nSPS) is 19.7. The Kier molecular flexibility index (Phi) is 4.89. The minimum absolute atomic E-state index is 0.0600. The predicted octanol–water partition coefficient (Wildman–Crippen LogP) is 3.15. The lowest BCUT2D eigenvalue weighted by molar-refractivity contribution is -0.126. The summed E-state index contributed by atoms with van der Waals surface area (Å²) < 4.78 is 1.82. The van der Waals surface area contributed by atoms with Gasteiger partial charge in [0.05, 0.1) is 6.04 Å². The molecule has 7 nitrogen and oxygen atoms in total. The van der Waals surface area contributed by atoms with Gasteiger partial charge in [0.1, 0.15) is 12.1 Å². The first kappa shape index (κ1) is 19.0. The van der Waals surface area contributed by atoms with Gasteiger partial charge in [0, 0.05) is 30.3 Å². The largest absolute Gasteiger partial charge is 0.356 e. The van der Waals surface area contributed by atoms with Gasteiger partial charge < -0.3 is 10.2 Å². The van der Waals surface area contributed by atoms with Gasteiger partial charge in [-0.15, -0.1) is 0 Å². The predicted molar refractivity (Wildman–Crippen MR) is 115 cm³/mol. The molecule has 1 fully saturated rings. The number of nitrogens with one attached hydrogen (secondary N) is 1. The highest BCUT2D eigenvalue weighted by atomic mass is 16.2. The van der Waals surface area contributed by atoms with E-state index in [-0.39, 0.29) is 17.9 Å². The van der Waals surface area contributed by atoms with E-state index in [1.165, 1.54) is 11.1 Å². The molecule has 1 aliphatic carbocycles. The fourth-order valence-electron chi connectivity index (χ4n) is 4.93. The smallest absolute Gasteiger partial charge is 0.254 e. The number of aryl methyl sites for hydroxylation is 2. The van der Waals surface area contributed by atoms with Crippen LogP contribution in [0.25, 0.3) is 5.78 Å². The quantitative estimate of drug-likeness (QED) is 0.726. The lowest BCUT2D eigenvalue weighted by Gasteiger charge is -2.35. The van der Waals surface area contributed by atoms with Crippen LogP contribution in [0.15, 0.2) is 30.6 Å². The number of amides is 1. The van der Waals surface area contributed by atoms with Gasteiger partial charge in [-0.3, -0.25) is 4.79 Å². The van der Waals surface area contributed by atoms with Crippen molar-refractivity contribution in [3.8, 4) is 0 Å². The van der Waals surface area contributed by atoms with E-state index < -0.39 is 0 Å². The zero-order valence-electron chi connectivity index (χ0n) is 17.6. The van der Waals surface area contributed by atoms with Crippen LogP contribution in [0, 0.1) is 19.8 Å². The maximum atomic E-state index is 13.0. The van der Waals surface area contributed by atoms with Gasteiger partial charge in [-0.1, -0.05) is 24.3 Å². The number of fused-ring (bicyclic) bond motifs is 2. The summed E-state index contributed by atoms with van der Waals surface area (Å²) in [5, 5.41) is 7.72. The Morgan fingerprint density at radius 2 is 1.93 bits per heavy atom. The van der Waals surface area contributed by atoms with Crippen LogP contribution in [0.1, 0.15) is 54.1 Å². The van der Waals surface area contributed by atoms with Gasteiger partial charge in [0.15, 0.2) is 0 Å². The second-order valence-corrected chi connectivity index (χ2v) is 8.53. The molecule has 2 aromatic heterocycles. The molecule has 1 saturated heterocycles. The molecule has 1 unspecified atom stereocenters. The molecular formula is C23H28N6O. The van der Waals surface area contributed by atoms with E-state index in [2.05, 4.69) is 56.5 Å². The van der Waals surface area contributed by atoms with Crippen LogP contribution in [0.5, 0.6) is 0 Å². The van der Waals surface area contributed by atoms with E-state index in [1.54, 1.807) is 6.33 Å². The van der Waals surface area contributed by atoms with Crippen molar-refractivity contribution < 1.29 is 4.79 Å². The highest BCUT2D eigenvalue weighted by Gasteiger charge is 2.30. The van der Waals surface area contributed by atoms with Crippen molar-refractivity contribution >= 4 is 17.5 Å². The van der Waals surface area contributed by atoms with E-state index in [4.69, 9.17) is 0 Å². The van der Waals surface area contributed by atoms with Crippen molar-refractivity contribution in [2.45, 2.75) is 52.0 Å². The number of hydrogen-bond acceptors (Lipinski definition) is 5. The van der Waals surface area contributed by atoms with E-state index in [9.17, 15) is 4.79 Å². The first-order valence-electron chi connectivity index (χ1n) is 10.9. The fourth-order valence-corrected chi connectivity index (χ4v) is 4.93. The van der Waals surface area contributed by atoms with Crippen molar-refractivity contribution in [1.82, 2.24) is 24.9 Å². The summed E-state index contributed by atoms with van der Waals surface area (Å²) in [4.78, 5) is 24.1. The molecule has 30 heavy (non-hydrogen) atoms. The van der Waals surface area contributed by atoms with Gasteiger partial charge in [0.2, 0.25) is 5.91 Å². The maximum Gasteiger partial charge on any atom is 0.254 e. The topological polar surface area (TPSA) is 75.4 Å². The Labute approximate surface area is 176 Å². The SMILES string of the molecule is Cc1nc2ncnn2c(N2CCC(C(=O)NC3CCCc4ccccc43)CC2)c1C. The first-order chi connectivity index (χ1) is 14.6. The van der Waals surface area contributed by atoms with Crippen molar-refractivity contribution in [2.75, 3.05) is 18.0 Å². The van der Waals surface area contributed by atoms with Crippen LogP contribution in [0.2, 0.25) is 0 Å². The average molecular weight is 405 g/mol. The van der Waals surface area contributed by atoms with Crippen molar-refractivity contribution in [3.63, 3.8) is 0 Å². The lowest BCUT2D eigenvalue weighted by Crippen LogP contribution is -2.43. The molecular weight excluding hydrogens is 376 g/mol. The Bertz CT molecular complexity index is 1080. The monoisotopic (exact) mass is 404 g/mol. The number of anilines is 1. The molecule has 0 bridgehead atoms. The van der Waals surface area contributed by atoms with Gasteiger partial charge >= 0.3 is 0 Å². The molecule has 0 radical (unpaired) electrons. The molecule has 1 N–H and O–H groups in total. The summed E-state index contributed by atoms with van der Waals surface area (Å²) in [5.41, 5.74) is 4.77. The summed E-state index contributed by atoms with van der Waals surface area (Å²) in [7, 11) is 0. The van der Waals surface area contributed by atoms with Gasteiger partial charge in [-0.25, -0.2) is 4.98 Å². The third kappa shape index (κ3) is 3.32. The minimum atomic E-state index is 0.0600. The van der Waals surface area contributed by atoms with Crippen LogP contribution >= 0.6 is 0 Å². The third-order valence-electron chi connectivity index (χ3n) is 6.73. The van der Waals surface area contributed by atoms with Gasteiger partial charge in [-0.05, 0) is 57.1 Å². The summed E-state index contributed by atoms with van der Waals surface area (Å²) in [6.45, 7) is 5.75. The molecule has 3 heterocycles. The standard InChI is InChI=1S/C23H28N6O/c1-15-16(2)26-23-24-14-25-29(23)22(15)28-12-10-18(11-13-28)21(30)27-20-9-5-7-17-6-3-4-8-19(17)20/h3-4,6,8,14,18,20H,5,7,9-13H2,1-2H3,(H,27,30). The second kappa shape index (κ2) is 7.70. The van der Waals surface area contributed by atoms with Gasteiger partial charge in [-0.2, -0.15) is 14.6 Å². The summed E-state index contributed by atoms with van der Waals surface area (Å²) in [5.74, 6) is 1.94. The Hall–Kier alpha value is -2.96. The summed E-state index contributed by atoms with van der Waals surface area (Å²) >= 11 is 0.